The van der Waals surface area contributed by atoms with E-state index >= 15 is 0 Å². The number of nitrogens with zero attached hydrogens (tertiary/aromatic N) is 1. The summed E-state index contributed by atoms with van der Waals surface area (Å²) in [4.78, 5) is 2.42. The molecule has 8 aromatic rings. The predicted molar refractivity (Wildman–Crippen MR) is 189 cm³/mol. The first kappa shape index (κ1) is 25.9. The van der Waals surface area contributed by atoms with E-state index in [1.165, 1.54) is 54.9 Å². The van der Waals surface area contributed by atoms with Crippen molar-refractivity contribution in [3.63, 3.8) is 0 Å². The van der Waals surface area contributed by atoms with Gasteiger partial charge in [0.05, 0.1) is 5.69 Å². The Morgan fingerprint density at radius 1 is 0.511 bits per heavy atom. The number of benzene rings is 7. The molecule has 0 saturated heterocycles. The zero-order valence-corrected chi connectivity index (χ0v) is 25.3. The summed E-state index contributed by atoms with van der Waals surface area (Å²) in [7, 11) is 0. The molecule has 1 aliphatic rings. The van der Waals surface area contributed by atoms with Crippen LogP contribution >= 0.6 is 0 Å². The third-order valence-electron chi connectivity index (χ3n) is 9.66. The summed E-state index contributed by atoms with van der Waals surface area (Å²) in [5.41, 5.74) is 12.8. The molecule has 0 amide bonds. The molecular weight excluding hydrogens is 546 g/mol. The second-order valence-electron chi connectivity index (χ2n) is 12.6. The van der Waals surface area contributed by atoms with Gasteiger partial charge in [-0.1, -0.05) is 123 Å². The Bertz CT molecular complexity index is 2390. The average molecular weight is 578 g/mol. The Balaban J connectivity index is 1.26. The number of furan rings is 1. The van der Waals surface area contributed by atoms with E-state index in [0.29, 0.717) is 0 Å². The third-order valence-corrected chi connectivity index (χ3v) is 9.66. The van der Waals surface area contributed by atoms with Gasteiger partial charge >= 0.3 is 0 Å². The van der Waals surface area contributed by atoms with Crippen LogP contribution in [0.15, 0.2) is 156 Å². The number of anilines is 3. The molecule has 2 nitrogen and oxygen atoms in total. The van der Waals surface area contributed by atoms with Crippen molar-refractivity contribution in [2.45, 2.75) is 19.3 Å². The first-order valence-electron chi connectivity index (χ1n) is 15.6. The van der Waals surface area contributed by atoms with Gasteiger partial charge in [0.15, 0.2) is 0 Å². The monoisotopic (exact) mass is 577 g/mol. The lowest BCUT2D eigenvalue weighted by atomic mass is 9.82. The van der Waals surface area contributed by atoms with Gasteiger partial charge in [0, 0.05) is 32.9 Å². The van der Waals surface area contributed by atoms with E-state index in [4.69, 9.17) is 4.42 Å². The Hall–Kier alpha value is -5.60. The van der Waals surface area contributed by atoms with Crippen molar-refractivity contribution in [1.82, 2.24) is 0 Å². The fourth-order valence-corrected chi connectivity index (χ4v) is 7.43. The highest BCUT2D eigenvalue weighted by Gasteiger charge is 2.38. The van der Waals surface area contributed by atoms with E-state index in [1.54, 1.807) is 0 Å². The van der Waals surface area contributed by atoms with Gasteiger partial charge < -0.3 is 9.32 Å². The molecule has 0 bridgehead atoms. The summed E-state index contributed by atoms with van der Waals surface area (Å²) in [5, 5.41) is 4.84. The summed E-state index contributed by atoms with van der Waals surface area (Å²) in [6.07, 6.45) is 0. The van der Waals surface area contributed by atoms with Crippen molar-refractivity contribution in [2.75, 3.05) is 4.90 Å². The van der Waals surface area contributed by atoms with Gasteiger partial charge in [-0.15, -0.1) is 0 Å². The predicted octanol–water partition coefficient (Wildman–Crippen LogP) is 12.2. The first-order valence-corrected chi connectivity index (χ1v) is 15.6. The third kappa shape index (κ3) is 3.89. The lowest BCUT2D eigenvalue weighted by molar-refractivity contribution is 0.656. The molecular formula is C43H31NO. The Labute approximate surface area is 262 Å². The second-order valence-corrected chi connectivity index (χ2v) is 12.6. The molecule has 0 spiro atoms. The quantitative estimate of drug-likeness (QED) is 0.207. The van der Waals surface area contributed by atoms with Crippen LogP contribution in [0.4, 0.5) is 17.1 Å². The molecule has 1 aromatic heterocycles. The first-order chi connectivity index (χ1) is 22.1. The normalized spacial score (nSPS) is 13.3. The van der Waals surface area contributed by atoms with Crippen LogP contribution in [-0.4, -0.2) is 0 Å². The lowest BCUT2D eigenvalue weighted by Gasteiger charge is -2.29. The largest absolute Gasteiger partial charge is 0.456 e. The van der Waals surface area contributed by atoms with Crippen LogP contribution in [0.2, 0.25) is 0 Å². The molecule has 1 aliphatic carbocycles. The van der Waals surface area contributed by atoms with Crippen molar-refractivity contribution < 1.29 is 4.42 Å². The molecule has 0 unspecified atom stereocenters. The fraction of sp³-hybridized carbons (Fsp3) is 0.0698. The van der Waals surface area contributed by atoms with E-state index in [9.17, 15) is 0 Å². The maximum absolute atomic E-state index is 6.31. The standard InChI is InChI=1S/C43H31NO/c1-43(2)36-25-26-40-42(35-16-8-9-18-39(35)45-40)41(36)34-24-23-32(27-37(34)43)44(38-17-10-14-30-13-6-7-15-33(30)38)31-21-19-29(20-22-31)28-11-4-3-5-12-28/h3-27H,1-2H3. The van der Waals surface area contributed by atoms with Gasteiger partial charge in [0.1, 0.15) is 11.2 Å². The molecule has 1 heterocycles. The maximum atomic E-state index is 6.31. The van der Waals surface area contributed by atoms with E-state index in [0.717, 1.165) is 28.2 Å². The van der Waals surface area contributed by atoms with Gasteiger partial charge in [-0.05, 0) is 81.2 Å². The highest BCUT2D eigenvalue weighted by molar-refractivity contribution is 6.15. The molecule has 9 rings (SSSR count). The van der Waals surface area contributed by atoms with Crippen LogP contribution < -0.4 is 4.90 Å². The molecule has 0 fully saturated rings. The highest BCUT2D eigenvalue weighted by Crippen LogP contribution is 2.54. The maximum Gasteiger partial charge on any atom is 0.136 e. The fourth-order valence-electron chi connectivity index (χ4n) is 7.43. The molecule has 0 N–H and O–H groups in total. The van der Waals surface area contributed by atoms with E-state index in [-0.39, 0.29) is 5.41 Å². The van der Waals surface area contributed by atoms with Crippen molar-refractivity contribution in [3.05, 3.63) is 163 Å². The van der Waals surface area contributed by atoms with Crippen molar-refractivity contribution >= 4 is 49.8 Å². The zero-order chi connectivity index (χ0) is 30.1. The summed E-state index contributed by atoms with van der Waals surface area (Å²) < 4.78 is 6.31. The van der Waals surface area contributed by atoms with Crippen molar-refractivity contribution in [1.29, 1.82) is 0 Å². The minimum Gasteiger partial charge on any atom is -0.456 e. The Morgan fingerprint density at radius 2 is 1.20 bits per heavy atom. The lowest BCUT2D eigenvalue weighted by Crippen LogP contribution is -2.16. The number of fused-ring (bicyclic) bond motifs is 8. The second kappa shape index (κ2) is 9.70. The topological polar surface area (TPSA) is 16.4 Å². The van der Waals surface area contributed by atoms with E-state index < -0.39 is 0 Å². The van der Waals surface area contributed by atoms with Crippen LogP contribution in [0.1, 0.15) is 25.0 Å². The van der Waals surface area contributed by atoms with E-state index in [1.807, 2.05) is 6.07 Å². The molecule has 7 aromatic carbocycles. The molecule has 214 valence electrons. The average Bonchev–Trinajstić information content (AvgIpc) is 3.58. The molecule has 0 saturated carbocycles. The zero-order valence-electron chi connectivity index (χ0n) is 25.3. The summed E-state index contributed by atoms with van der Waals surface area (Å²) in [5.74, 6) is 0. The van der Waals surface area contributed by atoms with Crippen LogP contribution in [0.5, 0.6) is 0 Å². The van der Waals surface area contributed by atoms with Gasteiger partial charge in [-0.2, -0.15) is 0 Å². The van der Waals surface area contributed by atoms with Crippen LogP contribution in [0.3, 0.4) is 0 Å². The van der Waals surface area contributed by atoms with Gasteiger partial charge in [-0.3, -0.25) is 0 Å². The Kier molecular flexibility index (Phi) is 5.58. The highest BCUT2D eigenvalue weighted by atomic mass is 16.3. The van der Waals surface area contributed by atoms with Crippen molar-refractivity contribution in [2.24, 2.45) is 0 Å². The van der Waals surface area contributed by atoms with Crippen LogP contribution in [-0.2, 0) is 5.41 Å². The number of rotatable bonds is 4. The van der Waals surface area contributed by atoms with Crippen LogP contribution in [0.25, 0.3) is 55.0 Å². The molecule has 0 radical (unpaired) electrons. The molecule has 45 heavy (non-hydrogen) atoms. The molecule has 2 heteroatoms. The van der Waals surface area contributed by atoms with Gasteiger partial charge in [-0.25, -0.2) is 0 Å². The van der Waals surface area contributed by atoms with E-state index in [2.05, 4.69) is 164 Å². The summed E-state index contributed by atoms with van der Waals surface area (Å²) in [6.45, 7) is 4.71. The number of para-hydroxylation sites is 1. The summed E-state index contributed by atoms with van der Waals surface area (Å²) >= 11 is 0. The minimum atomic E-state index is -0.172. The number of hydrogen-bond acceptors (Lipinski definition) is 2. The number of hydrogen-bond donors (Lipinski definition) is 0. The SMILES string of the molecule is CC1(C)c2cc(N(c3ccc(-c4ccccc4)cc3)c3cccc4ccccc34)ccc2-c2c1ccc1oc3ccccc3c21. The smallest absolute Gasteiger partial charge is 0.136 e. The molecule has 0 aliphatic heterocycles. The minimum absolute atomic E-state index is 0.172. The molecule has 0 atom stereocenters. The van der Waals surface area contributed by atoms with Gasteiger partial charge in [0.2, 0.25) is 0 Å². The summed E-state index contributed by atoms with van der Waals surface area (Å²) in [6, 6.07) is 54.6. The van der Waals surface area contributed by atoms with Crippen LogP contribution in [0, 0.1) is 0 Å². The van der Waals surface area contributed by atoms with Crippen molar-refractivity contribution in [3.8, 4) is 22.3 Å². The van der Waals surface area contributed by atoms with Gasteiger partial charge in [0.25, 0.3) is 0 Å². The Morgan fingerprint density at radius 3 is 2.04 bits per heavy atom.